The van der Waals surface area contributed by atoms with Crippen LogP contribution in [0.5, 0.6) is 0 Å². The third kappa shape index (κ3) is 4.23. The van der Waals surface area contributed by atoms with Crippen LogP contribution in [0.4, 0.5) is 0 Å². The van der Waals surface area contributed by atoms with E-state index >= 15 is 0 Å². The van der Waals surface area contributed by atoms with Gasteiger partial charge in [0.05, 0.1) is 17.2 Å². The molecule has 1 aromatic rings. The minimum Gasteiger partial charge on any atom is -0.319 e. The average molecular weight is 332 g/mol. The van der Waals surface area contributed by atoms with Crippen LogP contribution in [0.25, 0.3) is 0 Å². The smallest absolute Gasteiger partial charge is 0.282 e. The van der Waals surface area contributed by atoms with E-state index in [9.17, 15) is 8.42 Å². The normalized spacial score (nSPS) is 18.5. The van der Waals surface area contributed by atoms with Gasteiger partial charge in [0, 0.05) is 25.5 Å². The summed E-state index contributed by atoms with van der Waals surface area (Å²) in [6, 6.07) is 0. The van der Waals surface area contributed by atoms with Crippen molar-refractivity contribution in [1.29, 1.82) is 0 Å². The SMILES string of the molecule is CNCC1CCN(S(=O)(=O)N(C)Cc2csc(C)n2)CC1. The number of hydrogen-bond acceptors (Lipinski definition) is 5. The van der Waals surface area contributed by atoms with Gasteiger partial charge in [-0.05, 0) is 39.3 Å². The van der Waals surface area contributed by atoms with Crippen LogP contribution in [-0.2, 0) is 16.8 Å². The molecule has 2 rings (SSSR count). The molecule has 0 spiro atoms. The van der Waals surface area contributed by atoms with Crippen molar-refractivity contribution in [2.24, 2.45) is 5.92 Å². The lowest BCUT2D eigenvalue weighted by Gasteiger charge is -2.33. The van der Waals surface area contributed by atoms with Crippen molar-refractivity contribution in [3.8, 4) is 0 Å². The number of aryl methyl sites for hydroxylation is 1. The summed E-state index contributed by atoms with van der Waals surface area (Å²) < 4.78 is 28.1. The standard InChI is InChI=1S/C13H24N4O2S2/c1-11-15-13(10-20-11)9-16(3)21(18,19)17-6-4-12(5-7-17)8-14-2/h10,12,14H,4-9H2,1-3H3. The molecule has 2 heterocycles. The van der Waals surface area contributed by atoms with Gasteiger partial charge in [-0.1, -0.05) is 0 Å². The summed E-state index contributed by atoms with van der Waals surface area (Å²) in [6.45, 7) is 4.43. The lowest BCUT2D eigenvalue weighted by molar-refractivity contribution is 0.255. The van der Waals surface area contributed by atoms with Gasteiger partial charge < -0.3 is 5.32 Å². The number of thiazole rings is 1. The summed E-state index contributed by atoms with van der Waals surface area (Å²) in [5, 5.41) is 6.04. The van der Waals surface area contributed by atoms with Crippen molar-refractivity contribution in [3.63, 3.8) is 0 Å². The number of rotatable bonds is 6. The summed E-state index contributed by atoms with van der Waals surface area (Å²) in [6.07, 6.45) is 1.84. The monoisotopic (exact) mass is 332 g/mol. The minimum atomic E-state index is -3.38. The second-order valence-corrected chi connectivity index (χ2v) is 8.62. The van der Waals surface area contributed by atoms with Gasteiger partial charge in [0.1, 0.15) is 0 Å². The summed E-state index contributed by atoms with van der Waals surface area (Å²) in [7, 11) is 0.187. The largest absolute Gasteiger partial charge is 0.319 e. The zero-order valence-corrected chi connectivity index (χ0v) is 14.5. The Labute approximate surface area is 131 Å². The molecule has 8 heteroatoms. The molecule has 0 aliphatic carbocycles. The number of hydrogen-bond donors (Lipinski definition) is 1. The van der Waals surface area contributed by atoms with E-state index < -0.39 is 10.2 Å². The Hall–Kier alpha value is -0.540. The summed E-state index contributed by atoms with van der Waals surface area (Å²) in [5.74, 6) is 0.577. The quantitative estimate of drug-likeness (QED) is 0.846. The fourth-order valence-corrected chi connectivity index (χ4v) is 4.59. The lowest BCUT2D eigenvalue weighted by atomic mass is 9.98. The molecule has 0 amide bonds. The molecule has 1 N–H and O–H groups in total. The van der Waals surface area contributed by atoms with Crippen LogP contribution >= 0.6 is 11.3 Å². The molecule has 0 unspecified atom stereocenters. The van der Waals surface area contributed by atoms with Gasteiger partial charge in [-0.2, -0.15) is 17.0 Å². The molecule has 6 nitrogen and oxygen atoms in total. The molecule has 120 valence electrons. The fourth-order valence-electron chi connectivity index (χ4n) is 2.62. The Balaban J connectivity index is 1.95. The first-order chi connectivity index (χ1) is 9.93. The Morgan fingerprint density at radius 1 is 1.48 bits per heavy atom. The second kappa shape index (κ2) is 7.15. The van der Waals surface area contributed by atoms with Crippen molar-refractivity contribution in [1.82, 2.24) is 18.9 Å². The van der Waals surface area contributed by atoms with Crippen LogP contribution < -0.4 is 5.32 Å². The van der Waals surface area contributed by atoms with Crippen LogP contribution in [0.3, 0.4) is 0 Å². The lowest BCUT2D eigenvalue weighted by Crippen LogP contribution is -2.46. The van der Waals surface area contributed by atoms with Crippen LogP contribution in [0.1, 0.15) is 23.5 Å². The second-order valence-electron chi connectivity index (χ2n) is 5.52. The third-order valence-corrected chi connectivity index (χ3v) is 6.59. The third-order valence-electron chi connectivity index (χ3n) is 3.84. The fraction of sp³-hybridized carbons (Fsp3) is 0.769. The van der Waals surface area contributed by atoms with E-state index in [1.165, 1.54) is 4.31 Å². The zero-order valence-electron chi connectivity index (χ0n) is 12.9. The summed E-state index contributed by atoms with van der Waals surface area (Å²) >= 11 is 1.55. The van der Waals surface area contributed by atoms with Gasteiger partial charge in [0.25, 0.3) is 10.2 Å². The van der Waals surface area contributed by atoms with Gasteiger partial charge in [-0.15, -0.1) is 11.3 Å². The number of nitrogens with one attached hydrogen (secondary N) is 1. The Kier molecular flexibility index (Phi) is 5.73. The molecule has 0 saturated carbocycles. The summed E-state index contributed by atoms with van der Waals surface area (Å²) in [4.78, 5) is 4.33. The van der Waals surface area contributed by atoms with Crippen LogP contribution in [0.15, 0.2) is 5.38 Å². The van der Waals surface area contributed by atoms with Crippen LogP contribution in [-0.4, -0.2) is 55.7 Å². The van der Waals surface area contributed by atoms with Gasteiger partial charge in [-0.3, -0.25) is 0 Å². The molecule has 0 aromatic carbocycles. The molecule has 1 aliphatic rings. The van der Waals surface area contributed by atoms with E-state index in [-0.39, 0.29) is 0 Å². The number of nitrogens with zero attached hydrogens (tertiary/aromatic N) is 3. The first-order valence-corrected chi connectivity index (χ1v) is 9.48. The zero-order chi connectivity index (χ0) is 15.5. The minimum absolute atomic E-state index is 0.336. The number of aromatic nitrogens is 1. The summed E-state index contributed by atoms with van der Waals surface area (Å²) in [5.41, 5.74) is 0.814. The van der Waals surface area contributed by atoms with Crippen molar-refractivity contribution >= 4 is 21.5 Å². The van der Waals surface area contributed by atoms with Crippen molar-refractivity contribution in [3.05, 3.63) is 16.1 Å². The van der Waals surface area contributed by atoms with Crippen molar-refractivity contribution in [2.75, 3.05) is 33.7 Å². The van der Waals surface area contributed by atoms with Gasteiger partial charge in [0.2, 0.25) is 0 Å². The van der Waals surface area contributed by atoms with Gasteiger partial charge in [-0.25, -0.2) is 4.98 Å². The molecule has 0 radical (unpaired) electrons. The predicted octanol–water partition coefficient (Wildman–Crippen LogP) is 1.06. The van der Waals surface area contributed by atoms with Crippen molar-refractivity contribution in [2.45, 2.75) is 26.3 Å². The molecular formula is C13H24N4O2S2. The molecule has 0 bridgehead atoms. The predicted molar refractivity (Wildman–Crippen MR) is 85.5 cm³/mol. The van der Waals surface area contributed by atoms with E-state index in [4.69, 9.17) is 0 Å². The maximum Gasteiger partial charge on any atom is 0.282 e. The maximum absolute atomic E-state index is 12.6. The molecule has 1 aromatic heterocycles. The number of piperidine rings is 1. The topological polar surface area (TPSA) is 65.5 Å². The molecule has 1 saturated heterocycles. The van der Waals surface area contributed by atoms with Crippen molar-refractivity contribution < 1.29 is 8.42 Å². The molecular weight excluding hydrogens is 308 g/mol. The van der Waals surface area contributed by atoms with E-state index in [1.807, 2.05) is 19.4 Å². The van der Waals surface area contributed by atoms with E-state index in [2.05, 4.69) is 10.3 Å². The van der Waals surface area contributed by atoms with Crippen LogP contribution in [0.2, 0.25) is 0 Å². The Morgan fingerprint density at radius 3 is 2.67 bits per heavy atom. The highest BCUT2D eigenvalue weighted by Gasteiger charge is 2.31. The highest BCUT2D eigenvalue weighted by molar-refractivity contribution is 7.86. The average Bonchev–Trinajstić information content (AvgIpc) is 2.85. The molecule has 0 atom stereocenters. The van der Waals surface area contributed by atoms with E-state index in [1.54, 1.807) is 22.7 Å². The Morgan fingerprint density at radius 2 is 2.14 bits per heavy atom. The van der Waals surface area contributed by atoms with Crippen LogP contribution in [0, 0.1) is 12.8 Å². The van der Waals surface area contributed by atoms with E-state index in [0.717, 1.165) is 30.1 Å². The first kappa shape index (κ1) is 16.8. The highest BCUT2D eigenvalue weighted by Crippen LogP contribution is 2.21. The first-order valence-electron chi connectivity index (χ1n) is 7.20. The molecule has 1 aliphatic heterocycles. The van der Waals surface area contributed by atoms with Gasteiger partial charge in [0.15, 0.2) is 0 Å². The molecule has 1 fully saturated rings. The van der Waals surface area contributed by atoms with E-state index in [0.29, 0.717) is 25.6 Å². The van der Waals surface area contributed by atoms with Gasteiger partial charge >= 0.3 is 0 Å². The molecule has 21 heavy (non-hydrogen) atoms. The maximum atomic E-state index is 12.6. The Bertz CT molecular complexity index is 550. The highest BCUT2D eigenvalue weighted by atomic mass is 32.2.